The predicted octanol–water partition coefficient (Wildman–Crippen LogP) is 0.156. The maximum absolute atomic E-state index is 12.8. The molecule has 19 heavy (non-hydrogen) atoms. The summed E-state index contributed by atoms with van der Waals surface area (Å²) in [6.45, 7) is -0.341. The molecule has 0 unspecified atom stereocenters. The van der Waals surface area contributed by atoms with Gasteiger partial charge in [0.25, 0.3) is 0 Å². The maximum Gasteiger partial charge on any atom is 0.334 e. The minimum Gasteiger partial charge on any atom is -0.493 e. The summed E-state index contributed by atoms with van der Waals surface area (Å²) in [6.07, 6.45) is -1.66. The van der Waals surface area contributed by atoms with Gasteiger partial charge in [-0.3, -0.25) is 4.79 Å². The van der Waals surface area contributed by atoms with Gasteiger partial charge in [0.2, 0.25) is 5.91 Å². The van der Waals surface area contributed by atoms with E-state index in [1.165, 1.54) is 18.2 Å². The number of rotatable bonds is 7. The number of aliphatic carboxylic acids is 1. The minimum absolute atomic E-state index is 0.0249. The highest BCUT2D eigenvalue weighted by molar-refractivity contribution is 5.78. The normalized spacial score (nSPS) is 11.7. The summed E-state index contributed by atoms with van der Waals surface area (Å²) >= 11 is 0. The minimum atomic E-state index is -1.63. The van der Waals surface area contributed by atoms with Crippen LogP contribution in [0.2, 0.25) is 0 Å². The molecule has 1 aromatic carbocycles. The van der Waals surface area contributed by atoms with E-state index in [9.17, 15) is 14.0 Å². The van der Waals surface area contributed by atoms with Crippen LogP contribution in [0.3, 0.4) is 0 Å². The summed E-state index contributed by atoms with van der Waals surface area (Å²) in [4.78, 5) is 21.5. The zero-order valence-electron chi connectivity index (χ0n) is 10.0. The molecule has 1 aromatic rings. The molecular formula is C12H14FNO5. The molecule has 0 heterocycles. The molecule has 6 nitrogen and oxygen atoms in total. The molecule has 0 saturated carbocycles. The SMILES string of the molecule is O=C(CCOc1cccc(F)c1)NC[C@H](O)C(=O)O. The second kappa shape index (κ2) is 7.32. The molecule has 0 aliphatic heterocycles. The van der Waals surface area contributed by atoms with Crippen molar-refractivity contribution < 1.29 is 28.9 Å². The largest absolute Gasteiger partial charge is 0.493 e. The Morgan fingerprint density at radius 3 is 2.79 bits per heavy atom. The fourth-order valence-electron chi connectivity index (χ4n) is 1.20. The van der Waals surface area contributed by atoms with Crippen LogP contribution in [0, 0.1) is 5.82 Å². The van der Waals surface area contributed by atoms with Gasteiger partial charge in [-0.2, -0.15) is 0 Å². The maximum atomic E-state index is 12.8. The lowest BCUT2D eigenvalue weighted by molar-refractivity contribution is -0.146. The number of carboxylic acid groups (broad SMARTS) is 1. The number of carbonyl (C=O) groups excluding carboxylic acids is 1. The Labute approximate surface area is 108 Å². The highest BCUT2D eigenvalue weighted by Crippen LogP contribution is 2.11. The second-order valence-corrected chi connectivity index (χ2v) is 3.71. The van der Waals surface area contributed by atoms with Gasteiger partial charge in [-0.25, -0.2) is 9.18 Å². The molecule has 1 amide bonds. The molecular weight excluding hydrogens is 257 g/mol. The van der Waals surface area contributed by atoms with Crippen LogP contribution in [-0.2, 0) is 9.59 Å². The standard InChI is InChI=1S/C12H14FNO5/c13-8-2-1-3-9(6-8)19-5-4-11(16)14-7-10(15)12(17)18/h1-3,6,10,15H,4-5,7H2,(H,14,16)(H,17,18)/t10-/m0/s1. The lowest BCUT2D eigenvalue weighted by Gasteiger charge is -2.08. The first-order valence-corrected chi connectivity index (χ1v) is 5.55. The van der Waals surface area contributed by atoms with Crippen LogP contribution in [0.1, 0.15) is 6.42 Å². The Bertz CT molecular complexity index is 452. The molecule has 1 atom stereocenters. The van der Waals surface area contributed by atoms with E-state index in [1.807, 2.05) is 0 Å². The van der Waals surface area contributed by atoms with Crippen LogP contribution in [0.5, 0.6) is 5.75 Å². The van der Waals surface area contributed by atoms with Crippen molar-refractivity contribution in [3.63, 3.8) is 0 Å². The average Bonchev–Trinajstić information content (AvgIpc) is 2.36. The van der Waals surface area contributed by atoms with E-state index in [0.717, 1.165) is 0 Å². The Morgan fingerprint density at radius 1 is 1.42 bits per heavy atom. The number of halogens is 1. The van der Waals surface area contributed by atoms with Gasteiger partial charge in [0.1, 0.15) is 11.6 Å². The first-order chi connectivity index (χ1) is 8.99. The topological polar surface area (TPSA) is 95.9 Å². The van der Waals surface area contributed by atoms with Gasteiger partial charge in [0.05, 0.1) is 19.6 Å². The Kier molecular flexibility index (Phi) is 5.74. The number of ether oxygens (including phenoxy) is 1. The molecule has 0 spiro atoms. The number of hydrogen-bond donors (Lipinski definition) is 3. The third kappa shape index (κ3) is 5.82. The lowest BCUT2D eigenvalue weighted by Crippen LogP contribution is -2.36. The first-order valence-electron chi connectivity index (χ1n) is 5.55. The number of aliphatic hydroxyl groups is 1. The van der Waals surface area contributed by atoms with Gasteiger partial charge in [0.15, 0.2) is 6.10 Å². The highest BCUT2D eigenvalue weighted by atomic mass is 19.1. The Hall–Kier alpha value is -2.15. The van der Waals surface area contributed by atoms with Crippen LogP contribution in [0.4, 0.5) is 4.39 Å². The third-order valence-corrected chi connectivity index (χ3v) is 2.17. The summed E-state index contributed by atoms with van der Waals surface area (Å²) < 4.78 is 17.9. The fourth-order valence-corrected chi connectivity index (χ4v) is 1.20. The van der Waals surface area contributed by atoms with E-state index >= 15 is 0 Å². The van der Waals surface area contributed by atoms with Crippen molar-refractivity contribution in [1.29, 1.82) is 0 Å². The number of benzene rings is 1. The molecule has 0 aliphatic rings. The molecule has 0 aromatic heterocycles. The van der Waals surface area contributed by atoms with Gasteiger partial charge in [-0.05, 0) is 12.1 Å². The molecule has 0 aliphatic carbocycles. The number of carbonyl (C=O) groups is 2. The molecule has 0 fully saturated rings. The molecule has 104 valence electrons. The van der Waals surface area contributed by atoms with E-state index in [0.29, 0.717) is 5.75 Å². The monoisotopic (exact) mass is 271 g/mol. The van der Waals surface area contributed by atoms with Crippen LogP contribution in [0.15, 0.2) is 24.3 Å². The van der Waals surface area contributed by atoms with E-state index in [1.54, 1.807) is 6.07 Å². The molecule has 0 saturated heterocycles. The van der Waals surface area contributed by atoms with Crippen molar-refractivity contribution in [2.75, 3.05) is 13.2 Å². The van der Waals surface area contributed by atoms with E-state index in [-0.39, 0.29) is 19.6 Å². The second-order valence-electron chi connectivity index (χ2n) is 3.71. The third-order valence-electron chi connectivity index (χ3n) is 2.17. The summed E-state index contributed by atoms with van der Waals surface area (Å²) in [5.41, 5.74) is 0. The van der Waals surface area contributed by atoms with Crippen LogP contribution < -0.4 is 10.1 Å². The molecule has 0 radical (unpaired) electrons. The van der Waals surface area contributed by atoms with Crippen LogP contribution in [-0.4, -0.2) is 41.3 Å². The quantitative estimate of drug-likeness (QED) is 0.656. The van der Waals surface area contributed by atoms with Crippen molar-refractivity contribution in [2.45, 2.75) is 12.5 Å². The van der Waals surface area contributed by atoms with Gasteiger partial charge in [-0.15, -0.1) is 0 Å². The lowest BCUT2D eigenvalue weighted by atomic mass is 10.3. The molecule has 3 N–H and O–H groups in total. The number of hydrogen-bond acceptors (Lipinski definition) is 4. The van der Waals surface area contributed by atoms with Gasteiger partial charge in [0, 0.05) is 6.07 Å². The van der Waals surface area contributed by atoms with Crippen molar-refractivity contribution in [1.82, 2.24) is 5.32 Å². The highest BCUT2D eigenvalue weighted by Gasteiger charge is 2.13. The van der Waals surface area contributed by atoms with Crippen molar-refractivity contribution in [3.8, 4) is 5.75 Å². The van der Waals surface area contributed by atoms with Crippen LogP contribution >= 0.6 is 0 Å². The molecule has 1 rings (SSSR count). The summed E-state index contributed by atoms with van der Waals surface area (Å²) in [6, 6.07) is 5.49. The van der Waals surface area contributed by atoms with Crippen LogP contribution in [0.25, 0.3) is 0 Å². The summed E-state index contributed by atoms with van der Waals surface area (Å²) in [5.74, 6) is -2.00. The Morgan fingerprint density at radius 2 is 2.16 bits per heavy atom. The number of amides is 1. The number of nitrogens with one attached hydrogen (secondary N) is 1. The number of carboxylic acids is 1. The van der Waals surface area contributed by atoms with E-state index in [4.69, 9.17) is 14.9 Å². The number of aliphatic hydroxyl groups excluding tert-OH is 1. The van der Waals surface area contributed by atoms with E-state index in [2.05, 4.69) is 5.32 Å². The van der Waals surface area contributed by atoms with Gasteiger partial charge < -0.3 is 20.3 Å². The Balaban J connectivity index is 2.22. The molecule has 7 heteroatoms. The van der Waals surface area contributed by atoms with Crippen molar-refractivity contribution in [3.05, 3.63) is 30.1 Å². The van der Waals surface area contributed by atoms with Gasteiger partial charge >= 0.3 is 5.97 Å². The zero-order chi connectivity index (χ0) is 14.3. The predicted molar refractivity (Wildman–Crippen MR) is 63.2 cm³/mol. The molecule has 0 bridgehead atoms. The van der Waals surface area contributed by atoms with Gasteiger partial charge in [-0.1, -0.05) is 6.07 Å². The summed E-state index contributed by atoms with van der Waals surface area (Å²) in [7, 11) is 0. The summed E-state index contributed by atoms with van der Waals surface area (Å²) in [5, 5.41) is 19.5. The fraction of sp³-hybridized carbons (Fsp3) is 0.333. The van der Waals surface area contributed by atoms with Crippen molar-refractivity contribution >= 4 is 11.9 Å². The zero-order valence-corrected chi connectivity index (χ0v) is 10.0. The van der Waals surface area contributed by atoms with Crippen molar-refractivity contribution in [2.24, 2.45) is 0 Å². The van der Waals surface area contributed by atoms with E-state index < -0.39 is 23.8 Å². The smallest absolute Gasteiger partial charge is 0.334 e. The first kappa shape index (κ1) is 14.9. The average molecular weight is 271 g/mol.